The van der Waals surface area contributed by atoms with Crippen molar-refractivity contribution < 1.29 is 4.74 Å². The third-order valence-electron chi connectivity index (χ3n) is 2.11. The van der Waals surface area contributed by atoms with Gasteiger partial charge < -0.3 is 10.5 Å². The van der Waals surface area contributed by atoms with Crippen LogP contribution < -0.4 is 10.5 Å². The van der Waals surface area contributed by atoms with Crippen molar-refractivity contribution in [2.45, 2.75) is 31.9 Å². The second kappa shape index (κ2) is 3.22. The largest absolute Gasteiger partial charge is 0.472 e. The van der Waals surface area contributed by atoms with E-state index in [0.29, 0.717) is 11.6 Å². The van der Waals surface area contributed by atoms with Crippen LogP contribution >= 0.6 is 0 Å². The van der Waals surface area contributed by atoms with Crippen molar-refractivity contribution in [2.24, 2.45) is 0 Å². The summed E-state index contributed by atoms with van der Waals surface area (Å²) >= 11 is 0. The molecule has 1 heterocycles. The summed E-state index contributed by atoms with van der Waals surface area (Å²) in [5.41, 5.74) is 6.19. The quantitative estimate of drug-likeness (QED) is 0.777. The number of nitriles is 1. The number of nitrogens with zero attached hydrogens (tertiary/aromatic N) is 3. The molecule has 5 heteroatoms. The predicted molar refractivity (Wildman–Crippen MR) is 50.6 cm³/mol. The van der Waals surface area contributed by atoms with Crippen LogP contribution in [0.5, 0.6) is 5.88 Å². The summed E-state index contributed by atoms with van der Waals surface area (Å²) in [6, 6.07) is 1.77. The zero-order chi connectivity index (χ0) is 10.1. The molecule has 14 heavy (non-hydrogen) atoms. The van der Waals surface area contributed by atoms with Crippen LogP contribution in [0.4, 0.5) is 5.69 Å². The van der Waals surface area contributed by atoms with E-state index in [4.69, 9.17) is 15.7 Å². The summed E-state index contributed by atoms with van der Waals surface area (Å²) in [5, 5.41) is 12.8. The molecule has 0 spiro atoms. The Morgan fingerprint density at radius 2 is 2.50 bits per heavy atom. The second-order valence-corrected chi connectivity index (χ2v) is 3.49. The molecule has 1 aromatic rings. The van der Waals surface area contributed by atoms with E-state index in [1.165, 1.54) is 4.68 Å². The normalized spacial score (nSPS) is 17.4. The molecule has 0 amide bonds. The monoisotopic (exact) mass is 192 g/mol. The fourth-order valence-electron chi connectivity index (χ4n) is 1.08. The number of ether oxygens (including phenoxy) is 1. The average molecular weight is 192 g/mol. The SMILES string of the molecule is C[C@@H](C#N)n1cc(N)c(OC2CC2)n1. The highest BCUT2D eigenvalue weighted by atomic mass is 16.5. The van der Waals surface area contributed by atoms with Gasteiger partial charge in [-0.2, -0.15) is 5.26 Å². The molecule has 0 aromatic carbocycles. The smallest absolute Gasteiger partial charge is 0.256 e. The molecule has 1 atom stereocenters. The Balaban J connectivity index is 2.16. The minimum absolute atomic E-state index is 0.276. The predicted octanol–water partition coefficient (Wildman–Crippen LogP) is 1.09. The number of nitrogen functional groups attached to an aromatic ring is 1. The fraction of sp³-hybridized carbons (Fsp3) is 0.556. The van der Waals surface area contributed by atoms with Crippen molar-refractivity contribution in [2.75, 3.05) is 5.73 Å². The van der Waals surface area contributed by atoms with Crippen LogP contribution in [0.1, 0.15) is 25.8 Å². The van der Waals surface area contributed by atoms with Crippen molar-refractivity contribution in [3.8, 4) is 11.9 Å². The lowest BCUT2D eigenvalue weighted by atomic mass is 10.4. The highest BCUT2D eigenvalue weighted by Crippen LogP contribution is 2.29. The lowest BCUT2D eigenvalue weighted by Gasteiger charge is -2.01. The third-order valence-corrected chi connectivity index (χ3v) is 2.11. The van der Waals surface area contributed by atoms with Gasteiger partial charge in [-0.3, -0.25) is 0 Å². The Kier molecular flexibility index (Phi) is 2.04. The van der Waals surface area contributed by atoms with Gasteiger partial charge in [0.1, 0.15) is 17.8 Å². The van der Waals surface area contributed by atoms with Crippen LogP contribution in [0.2, 0.25) is 0 Å². The van der Waals surface area contributed by atoms with E-state index in [9.17, 15) is 0 Å². The Morgan fingerprint density at radius 3 is 3.07 bits per heavy atom. The molecule has 1 aliphatic carbocycles. The maximum atomic E-state index is 8.69. The van der Waals surface area contributed by atoms with Gasteiger partial charge in [-0.15, -0.1) is 5.10 Å². The molecule has 1 aliphatic rings. The van der Waals surface area contributed by atoms with Gasteiger partial charge in [-0.1, -0.05) is 0 Å². The molecule has 1 saturated carbocycles. The zero-order valence-electron chi connectivity index (χ0n) is 7.97. The summed E-state index contributed by atoms with van der Waals surface area (Å²) in [7, 11) is 0. The molecule has 2 rings (SSSR count). The molecule has 0 bridgehead atoms. The molecule has 0 radical (unpaired) electrons. The standard InChI is InChI=1S/C9H12N4O/c1-6(4-10)13-5-8(11)9(12-13)14-7-2-3-7/h5-7H,2-3,11H2,1H3/t6-/m0/s1. The lowest BCUT2D eigenvalue weighted by Crippen LogP contribution is -2.04. The molecular formula is C9H12N4O. The Bertz CT molecular complexity index is 375. The van der Waals surface area contributed by atoms with Gasteiger partial charge in [-0.25, -0.2) is 4.68 Å². The van der Waals surface area contributed by atoms with E-state index < -0.39 is 0 Å². The topological polar surface area (TPSA) is 76.9 Å². The maximum absolute atomic E-state index is 8.69. The minimum Gasteiger partial charge on any atom is -0.472 e. The Labute approximate surface area is 82.1 Å². The Morgan fingerprint density at radius 1 is 1.79 bits per heavy atom. The molecule has 74 valence electrons. The molecule has 1 fully saturated rings. The van der Waals surface area contributed by atoms with Crippen molar-refractivity contribution in [1.82, 2.24) is 9.78 Å². The van der Waals surface area contributed by atoms with Gasteiger partial charge in [0.05, 0.1) is 12.3 Å². The molecule has 0 aliphatic heterocycles. The van der Waals surface area contributed by atoms with Gasteiger partial charge in [-0.05, 0) is 19.8 Å². The summed E-state index contributed by atoms with van der Waals surface area (Å²) < 4.78 is 6.99. The lowest BCUT2D eigenvalue weighted by molar-refractivity contribution is 0.287. The van der Waals surface area contributed by atoms with E-state index in [1.807, 2.05) is 0 Å². The summed E-state index contributed by atoms with van der Waals surface area (Å²) in [6.07, 6.45) is 4.05. The number of hydrogen-bond donors (Lipinski definition) is 1. The van der Waals surface area contributed by atoms with Gasteiger partial charge >= 0.3 is 0 Å². The Hall–Kier alpha value is -1.70. The highest BCUT2D eigenvalue weighted by Gasteiger charge is 2.26. The van der Waals surface area contributed by atoms with Crippen molar-refractivity contribution >= 4 is 5.69 Å². The first-order valence-corrected chi connectivity index (χ1v) is 4.61. The van der Waals surface area contributed by atoms with E-state index >= 15 is 0 Å². The summed E-state index contributed by atoms with van der Waals surface area (Å²) in [5.74, 6) is 0.453. The molecule has 5 nitrogen and oxygen atoms in total. The maximum Gasteiger partial charge on any atom is 0.256 e. The van der Waals surface area contributed by atoms with Crippen LogP contribution in [-0.4, -0.2) is 15.9 Å². The number of nitrogens with two attached hydrogens (primary N) is 1. The van der Waals surface area contributed by atoms with Crippen molar-refractivity contribution in [3.63, 3.8) is 0 Å². The summed E-state index contributed by atoms with van der Waals surface area (Å²) in [4.78, 5) is 0. The molecular weight excluding hydrogens is 180 g/mol. The van der Waals surface area contributed by atoms with Crippen LogP contribution in [0.15, 0.2) is 6.20 Å². The third kappa shape index (κ3) is 1.64. The van der Waals surface area contributed by atoms with Crippen molar-refractivity contribution in [1.29, 1.82) is 5.26 Å². The number of rotatable bonds is 3. The molecule has 1 aromatic heterocycles. The first-order valence-electron chi connectivity index (χ1n) is 4.61. The molecule has 2 N–H and O–H groups in total. The van der Waals surface area contributed by atoms with E-state index in [0.717, 1.165) is 12.8 Å². The fourth-order valence-corrected chi connectivity index (χ4v) is 1.08. The average Bonchev–Trinajstić information content (AvgIpc) is 2.91. The number of anilines is 1. The van der Waals surface area contributed by atoms with Gasteiger partial charge in [0.2, 0.25) is 0 Å². The second-order valence-electron chi connectivity index (χ2n) is 3.49. The van der Waals surface area contributed by atoms with Crippen LogP contribution in [0.25, 0.3) is 0 Å². The van der Waals surface area contributed by atoms with Gasteiger partial charge in [0, 0.05) is 0 Å². The van der Waals surface area contributed by atoms with E-state index in [-0.39, 0.29) is 12.1 Å². The molecule has 0 unspecified atom stereocenters. The van der Waals surface area contributed by atoms with Crippen LogP contribution in [0, 0.1) is 11.3 Å². The number of aromatic nitrogens is 2. The van der Waals surface area contributed by atoms with Gasteiger partial charge in [0.25, 0.3) is 5.88 Å². The van der Waals surface area contributed by atoms with Crippen LogP contribution in [-0.2, 0) is 0 Å². The van der Waals surface area contributed by atoms with Crippen molar-refractivity contribution in [3.05, 3.63) is 6.20 Å². The van der Waals surface area contributed by atoms with Gasteiger partial charge in [0.15, 0.2) is 0 Å². The van der Waals surface area contributed by atoms with E-state index in [2.05, 4.69) is 11.2 Å². The highest BCUT2D eigenvalue weighted by molar-refractivity contribution is 5.46. The first-order chi connectivity index (χ1) is 6.70. The summed E-state index contributed by atoms with van der Waals surface area (Å²) in [6.45, 7) is 1.76. The zero-order valence-corrected chi connectivity index (χ0v) is 7.97. The van der Waals surface area contributed by atoms with Crippen LogP contribution in [0.3, 0.4) is 0 Å². The van der Waals surface area contributed by atoms with E-state index in [1.54, 1.807) is 13.1 Å². The minimum atomic E-state index is -0.311. The number of hydrogen-bond acceptors (Lipinski definition) is 4. The molecule has 0 saturated heterocycles. The first kappa shape index (κ1) is 8.88.